The lowest BCUT2D eigenvalue weighted by Gasteiger charge is -2.20. The summed E-state index contributed by atoms with van der Waals surface area (Å²) in [6.45, 7) is 10.9. The second kappa shape index (κ2) is 4.62. The molecule has 3 nitrogen and oxygen atoms in total. The van der Waals surface area contributed by atoms with Crippen LogP contribution in [-0.4, -0.2) is 9.55 Å². The molecule has 1 aliphatic carbocycles. The van der Waals surface area contributed by atoms with Gasteiger partial charge >= 0.3 is 0 Å². The smallest absolute Gasteiger partial charge is 0.132 e. The van der Waals surface area contributed by atoms with Gasteiger partial charge in [0.15, 0.2) is 0 Å². The summed E-state index contributed by atoms with van der Waals surface area (Å²) in [5.74, 6) is 1.94. The van der Waals surface area contributed by atoms with Crippen LogP contribution >= 0.6 is 0 Å². The normalized spacial score (nSPS) is 15.5. The molecule has 0 radical (unpaired) electrons. The number of aromatic nitrogens is 2. The molecule has 1 fully saturated rings. The lowest BCUT2D eigenvalue weighted by molar-refractivity contribution is 0.504. The summed E-state index contributed by atoms with van der Waals surface area (Å²) in [4.78, 5) is 4.95. The van der Waals surface area contributed by atoms with E-state index in [-0.39, 0.29) is 5.41 Å². The van der Waals surface area contributed by atoms with Gasteiger partial charge in [0.2, 0.25) is 0 Å². The van der Waals surface area contributed by atoms with Crippen molar-refractivity contribution in [1.82, 2.24) is 9.55 Å². The fourth-order valence-electron chi connectivity index (χ4n) is 2.88. The highest BCUT2D eigenvalue weighted by molar-refractivity contribution is 5.75. The lowest BCUT2D eigenvalue weighted by Crippen LogP contribution is -2.19. The summed E-state index contributed by atoms with van der Waals surface area (Å²) in [6, 6.07) is 6.90. The van der Waals surface area contributed by atoms with E-state index in [0.717, 1.165) is 22.9 Å². The number of rotatable bonds is 2. The highest BCUT2D eigenvalue weighted by atomic mass is 15.2. The maximum absolute atomic E-state index is 6.49. The van der Waals surface area contributed by atoms with Gasteiger partial charge < -0.3 is 10.3 Å². The molecule has 0 amide bonds. The predicted octanol–water partition coefficient (Wildman–Crippen LogP) is 4.38. The minimum absolute atomic E-state index is 0.00664. The molecule has 0 saturated heterocycles. The van der Waals surface area contributed by atoms with Crippen molar-refractivity contribution in [2.75, 3.05) is 5.73 Å². The third kappa shape index (κ3) is 2.35. The standard InChI is InChI=1S/C18H25N3/c1-11-7-6-8-14(12(11)2)15-16(19)21(13-9-10-13)17(20-15)18(3,4)5/h6-8,13H,9-10,19H2,1-5H3. The largest absolute Gasteiger partial charge is 0.383 e. The first-order valence-electron chi connectivity index (χ1n) is 7.75. The molecule has 1 heterocycles. The zero-order chi connectivity index (χ0) is 15.4. The Balaban J connectivity index is 2.22. The van der Waals surface area contributed by atoms with E-state index >= 15 is 0 Å². The Morgan fingerprint density at radius 2 is 1.86 bits per heavy atom. The van der Waals surface area contributed by atoms with Gasteiger partial charge in [-0.05, 0) is 37.8 Å². The average molecular weight is 283 g/mol. The topological polar surface area (TPSA) is 43.8 Å². The Morgan fingerprint density at radius 3 is 2.43 bits per heavy atom. The van der Waals surface area contributed by atoms with Crippen molar-refractivity contribution in [3.63, 3.8) is 0 Å². The predicted molar refractivity (Wildman–Crippen MR) is 88.5 cm³/mol. The fraction of sp³-hybridized carbons (Fsp3) is 0.500. The second-order valence-electron chi connectivity index (χ2n) is 7.27. The molecule has 0 spiro atoms. The minimum Gasteiger partial charge on any atom is -0.383 e. The summed E-state index contributed by atoms with van der Waals surface area (Å²) in [6.07, 6.45) is 2.44. The molecule has 21 heavy (non-hydrogen) atoms. The Labute approximate surface area is 127 Å². The number of aryl methyl sites for hydroxylation is 1. The van der Waals surface area contributed by atoms with Crippen LogP contribution in [0, 0.1) is 13.8 Å². The molecular formula is C18H25N3. The maximum atomic E-state index is 6.49. The summed E-state index contributed by atoms with van der Waals surface area (Å²) in [7, 11) is 0. The van der Waals surface area contributed by atoms with Crippen LogP contribution in [0.3, 0.4) is 0 Å². The van der Waals surface area contributed by atoms with Crippen LogP contribution in [0.5, 0.6) is 0 Å². The average Bonchev–Trinajstić information content (AvgIpc) is 3.16. The number of anilines is 1. The summed E-state index contributed by atoms with van der Waals surface area (Å²) in [5.41, 5.74) is 11.2. The minimum atomic E-state index is 0.00664. The SMILES string of the molecule is Cc1cccc(-c2nc(C(C)(C)C)n(C3CC3)c2N)c1C. The molecule has 2 aromatic rings. The van der Waals surface area contributed by atoms with Crippen molar-refractivity contribution in [2.24, 2.45) is 0 Å². The van der Waals surface area contributed by atoms with E-state index < -0.39 is 0 Å². The third-order valence-electron chi connectivity index (χ3n) is 4.39. The van der Waals surface area contributed by atoms with Crippen LogP contribution in [-0.2, 0) is 5.41 Å². The van der Waals surface area contributed by atoms with Crippen molar-refractivity contribution in [2.45, 2.75) is 58.9 Å². The second-order valence-corrected chi connectivity index (χ2v) is 7.27. The number of nitrogens with two attached hydrogens (primary N) is 1. The van der Waals surface area contributed by atoms with Crippen molar-refractivity contribution < 1.29 is 0 Å². The van der Waals surface area contributed by atoms with E-state index in [4.69, 9.17) is 10.7 Å². The van der Waals surface area contributed by atoms with Crippen molar-refractivity contribution in [3.8, 4) is 11.3 Å². The van der Waals surface area contributed by atoms with Crippen molar-refractivity contribution >= 4 is 5.82 Å². The van der Waals surface area contributed by atoms with Gasteiger partial charge in [0, 0.05) is 17.0 Å². The molecule has 0 atom stereocenters. The van der Waals surface area contributed by atoms with Crippen LogP contribution in [0.4, 0.5) is 5.82 Å². The first-order valence-corrected chi connectivity index (χ1v) is 7.75. The zero-order valence-electron chi connectivity index (χ0n) is 13.7. The van der Waals surface area contributed by atoms with E-state index in [2.05, 4.69) is 57.4 Å². The third-order valence-corrected chi connectivity index (χ3v) is 4.39. The van der Waals surface area contributed by atoms with E-state index in [0.29, 0.717) is 6.04 Å². The Morgan fingerprint density at radius 1 is 1.19 bits per heavy atom. The van der Waals surface area contributed by atoms with Gasteiger partial charge in [-0.1, -0.05) is 39.0 Å². The van der Waals surface area contributed by atoms with Gasteiger partial charge in [-0.2, -0.15) is 0 Å². The van der Waals surface area contributed by atoms with Crippen molar-refractivity contribution in [1.29, 1.82) is 0 Å². The summed E-state index contributed by atoms with van der Waals surface area (Å²) in [5, 5.41) is 0. The lowest BCUT2D eigenvalue weighted by atomic mass is 9.95. The number of hydrogen-bond donors (Lipinski definition) is 1. The van der Waals surface area contributed by atoms with E-state index in [1.165, 1.54) is 24.0 Å². The monoisotopic (exact) mass is 283 g/mol. The molecular weight excluding hydrogens is 258 g/mol. The first-order chi connectivity index (χ1) is 9.80. The van der Waals surface area contributed by atoms with Crippen LogP contribution in [0.25, 0.3) is 11.3 Å². The van der Waals surface area contributed by atoms with Crippen LogP contribution in [0.1, 0.15) is 56.6 Å². The summed E-state index contributed by atoms with van der Waals surface area (Å²) >= 11 is 0. The van der Waals surface area contributed by atoms with E-state index in [1.54, 1.807) is 0 Å². The van der Waals surface area contributed by atoms with E-state index in [9.17, 15) is 0 Å². The van der Waals surface area contributed by atoms with Crippen LogP contribution in [0.2, 0.25) is 0 Å². The molecule has 3 heteroatoms. The molecule has 2 N–H and O–H groups in total. The highest BCUT2D eigenvalue weighted by Crippen LogP contribution is 2.44. The van der Waals surface area contributed by atoms with Gasteiger partial charge in [0.05, 0.1) is 0 Å². The Hall–Kier alpha value is -1.77. The number of nitrogen functional groups attached to an aromatic ring is 1. The molecule has 112 valence electrons. The fourth-order valence-corrected chi connectivity index (χ4v) is 2.88. The number of benzene rings is 1. The molecule has 0 bridgehead atoms. The number of nitrogens with zero attached hydrogens (tertiary/aromatic N) is 2. The molecule has 1 aromatic carbocycles. The highest BCUT2D eigenvalue weighted by Gasteiger charge is 2.34. The van der Waals surface area contributed by atoms with Gasteiger partial charge in [-0.15, -0.1) is 0 Å². The van der Waals surface area contributed by atoms with Crippen LogP contribution < -0.4 is 5.73 Å². The first kappa shape index (κ1) is 14.2. The quantitative estimate of drug-likeness (QED) is 0.888. The molecule has 3 rings (SSSR count). The maximum Gasteiger partial charge on any atom is 0.132 e. The van der Waals surface area contributed by atoms with Gasteiger partial charge in [0.1, 0.15) is 17.3 Å². The van der Waals surface area contributed by atoms with Gasteiger partial charge in [-0.25, -0.2) is 4.98 Å². The Bertz CT molecular complexity index is 685. The zero-order valence-corrected chi connectivity index (χ0v) is 13.7. The van der Waals surface area contributed by atoms with Gasteiger partial charge in [0.25, 0.3) is 0 Å². The summed E-state index contributed by atoms with van der Waals surface area (Å²) < 4.78 is 2.27. The number of hydrogen-bond acceptors (Lipinski definition) is 2. The van der Waals surface area contributed by atoms with Crippen LogP contribution in [0.15, 0.2) is 18.2 Å². The molecule has 0 aliphatic heterocycles. The number of imidazole rings is 1. The van der Waals surface area contributed by atoms with E-state index in [1.807, 2.05) is 0 Å². The molecule has 1 aliphatic rings. The van der Waals surface area contributed by atoms with Gasteiger partial charge in [-0.3, -0.25) is 0 Å². The van der Waals surface area contributed by atoms with Crippen molar-refractivity contribution in [3.05, 3.63) is 35.2 Å². The molecule has 1 saturated carbocycles. The molecule has 0 unspecified atom stereocenters. The Kier molecular flexibility index (Phi) is 3.12. The molecule has 1 aromatic heterocycles.